The Morgan fingerprint density at radius 2 is 2.27 bits per heavy atom. The van der Waals surface area contributed by atoms with E-state index >= 15 is 0 Å². The van der Waals surface area contributed by atoms with Crippen molar-refractivity contribution in [1.29, 1.82) is 0 Å². The predicted octanol–water partition coefficient (Wildman–Crippen LogP) is 2.35. The Kier molecular flexibility index (Phi) is 3.48. The Balaban J connectivity index is 1.47. The van der Waals surface area contributed by atoms with Gasteiger partial charge in [0.1, 0.15) is 0 Å². The van der Waals surface area contributed by atoms with Gasteiger partial charge in [-0.15, -0.1) is 0 Å². The molecule has 3 heteroatoms. The van der Waals surface area contributed by atoms with E-state index in [0.29, 0.717) is 11.8 Å². The molecule has 4 rings (SSSR count). The normalized spacial score (nSPS) is 33.0. The van der Waals surface area contributed by atoms with E-state index in [-0.39, 0.29) is 11.3 Å². The molecule has 0 bridgehead atoms. The maximum atomic E-state index is 13.0. The van der Waals surface area contributed by atoms with E-state index < -0.39 is 0 Å². The topological polar surface area (TPSA) is 32.3 Å². The van der Waals surface area contributed by atoms with Gasteiger partial charge >= 0.3 is 0 Å². The Bertz CT molecular complexity index is 583. The molecular formula is C19H26N2O. The minimum atomic E-state index is 0.198. The highest BCUT2D eigenvalue weighted by atomic mass is 16.2. The quantitative estimate of drug-likeness (QED) is 0.929. The van der Waals surface area contributed by atoms with E-state index in [9.17, 15) is 4.79 Å². The van der Waals surface area contributed by atoms with E-state index in [0.717, 1.165) is 38.9 Å². The fourth-order valence-corrected chi connectivity index (χ4v) is 4.86. The van der Waals surface area contributed by atoms with Crippen LogP contribution in [-0.4, -0.2) is 37.5 Å². The number of carbonyl (C=O) groups excluding carboxylic acids is 1. The van der Waals surface area contributed by atoms with Gasteiger partial charge in [-0.25, -0.2) is 0 Å². The van der Waals surface area contributed by atoms with Crippen molar-refractivity contribution >= 4 is 5.91 Å². The van der Waals surface area contributed by atoms with E-state index in [1.807, 2.05) is 7.05 Å². The first-order valence-corrected chi connectivity index (χ1v) is 8.76. The molecule has 1 saturated carbocycles. The van der Waals surface area contributed by atoms with Crippen LogP contribution in [0.25, 0.3) is 0 Å². The minimum Gasteiger partial charge on any atom is -0.342 e. The summed E-state index contributed by atoms with van der Waals surface area (Å²) in [6.45, 7) is 2.95. The van der Waals surface area contributed by atoms with Gasteiger partial charge in [0.25, 0.3) is 0 Å². The first-order chi connectivity index (χ1) is 10.7. The maximum Gasteiger partial charge on any atom is 0.226 e. The zero-order valence-corrected chi connectivity index (χ0v) is 13.5. The SMILES string of the molecule is CNCC1CCCN(C(=O)C2CC23CCc2ccccc23)C1. The fourth-order valence-electron chi connectivity index (χ4n) is 4.86. The summed E-state index contributed by atoms with van der Waals surface area (Å²) in [5, 5.41) is 3.27. The number of hydrogen-bond donors (Lipinski definition) is 1. The Morgan fingerprint density at radius 3 is 3.14 bits per heavy atom. The molecule has 0 radical (unpaired) electrons. The lowest BCUT2D eigenvalue weighted by Crippen LogP contribution is -2.43. The van der Waals surface area contributed by atoms with Crippen molar-refractivity contribution in [1.82, 2.24) is 10.2 Å². The second-order valence-corrected chi connectivity index (χ2v) is 7.42. The van der Waals surface area contributed by atoms with Gasteiger partial charge in [-0.05, 0) is 62.7 Å². The molecule has 3 atom stereocenters. The minimum absolute atomic E-state index is 0.198. The number of nitrogens with one attached hydrogen (secondary N) is 1. The molecule has 1 N–H and O–H groups in total. The van der Waals surface area contributed by atoms with Crippen LogP contribution in [0.1, 0.15) is 36.8 Å². The van der Waals surface area contributed by atoms with Crippen LogP contribution in [0.2, 0.25) is 0 Å². The summed E-state index contributed by atoms with van der Waals surface area (Å²) in [5.41, 5.74) is 3.14. The van der Waals surface area contributed by atoms with Gasteiger partial charge < -0.3 is 10.2 Å². The van der Waals surface area contributed by atoms with Gasteiger partial charge in [0.2, 0.25) is 5.91 Å². The molecule has 1 spiro atoms. The highest BCUT2D eigenvalue weighted by Gasteiger charge is 2.62. The van der Waals surface area contributed by atoms with Gasteiger partial charge in [0, 0.05) is 24.4 Å². The summed E-state index contributed by atoms with van der Waals surface area (Å²) in [6, 6.07) is 8.77. The van der Waals surface area contributed by atoms with Crippen LogP contribution in [-0.2, 0) is 16.6 Å². The largest absolute Gasteiger partial charge is 0.342 e. The third-order valence-corrected chi connectivity index (χ3v) is 6.09. The number of amides is 1. The lowest BCUT2D eigenvalue weighted by atomic mass is 9.93. The molecule has 1 aliphatic heterocycles. The van der Waals surface area contributed by atoms with Crippen LogP contribution in [0.15, 0.2) is 24.3 Å². The Hall–Kier alpha value is -1.35. The van der Waals surface area contributed by atoms with Crippen molar-refractivity contribution in [3.05, 3.63) is 35.4 Å². The van der Waals surface area contributed by atoms with E-state index in [2.05, 4.69) is 34.5 Å². The summed E-state index contributed by atoms with van der Waals surface area (Å²) in [6.07, 6.45) is 5.83. The van der Waals surface area contributed by atoms with E-state index in [4.69, 9.17) is 0 Å². The molecule has 118 valence electrons. The smallest absolute Gasteiger partial charge is 0.226 e. The van der Waals surface area contributed by atoms with Gasteiger partial charge in [0.15, 0.2) is 0 Å². The van der Waals surface area contributed by atoms with Crippen LogP contribution in [0.3, 0.4) is 0 Å². The zero-order chi connectivity index (χ0) is 15.2. The van der Waals surface area contributed by atoms with Gasteiger partial charge in [-0.1, -0.05) is 24.3 Å². The number of benzene rings is 1. The number of rotatable bonds is 3. The molecule has 3 unspecified atom stereocenters. The summed E-state index contributed by atoms with van der Waals surface area (Å²) in [5.74, 6) is 1.32. The lowest BCUT2D eigenvalue weighted by Gasteiger charge is -2.33. The molecule has 0 aromatic heterocycles. The van der Waals surface area contributed by atoms with Crippen molar-refractivity contribution < 1.29 is 4.79 Å². The van der Waals surface area contributed by atoms with Crippen LogP contribution >= 0.6 is 0 Å². The van der Waals surface area contributed by atoms with Gasteiger partial charge in [0.05, 0.1) is 0 Å². The van der Waals surface area contributed by atoms with Crippen molar-refractivity contribution in [3.8, 4) is 0 Å². The van der Waals surface area contributed by atoms with Crippen LogP contribution in [0.5, 0.6) is 0 Å². The number of carbonyl (C=O) groups is 1. The summed E-state index contributed by atoms with van der Waals surface area (Å²) < 4.78 is 0. The molecular weight excluding hydrogens is 272 g/mol. The fraction of sp³-hybridized carbons (Fsp3) is 0.632. The van der Waals surface area contributed by atoms with Crippen molar-refractivity contribution in [2.24, 2.45) is 11.8 Å². The second kappa shape index (κ2) is 5.38. The van der Waals surface area contributed by atoms with Gasteiger partial charge in [-0.3, -0.25) is 4.79 Å². The molecule has 1 aromatic rings. The first-order valence-electron chi connectivity index (χ1n) is 8.76. The third-order valence-electron chi connectivity index (χ3n) is 6.09. The number of aryl methyl sites for hydroxylation is 1. The predicted molar refractivity (Wildman–Crippen MR) is 87.8 cm³/mol. The molecule has 3 nitrogen and oxygen atoms in total. The second-order valence-electron chi connectivity index (χ2n) is 7.42. The highest BCUT2D eigenvalue weighted by molar-refractivity contribution is 5.85. The maximum absolute atomic E-state index is 13.0. The third kappa shape index (κ3) is 2.18. The van der Waals surface area contributed by atoms with Gasteiger partial charge in [-0.2, -0.15) is 0 Å². The van der Waals surface area contributed by atoms with Crippen molar-refractivity contribution in [3.63, 3.8) is 0 Å². The molecule has 2 fully saturated rings. The summed E-state index contributed by atoms with van der Waals surface area (Å²) >= 11 is 0. The monoisotopic (exact) mass is 298 g/mol. The summed E-state index contributed by atoms with van der Waals surface area (Å²) in [4.78, 5) is 15.1. The number of fused-ring (bicyclic) bond motifs is 2. The number of hydrogen-bond acceptors (Lipinski definition) is 2. The zero-order valence-electron chi connectivity index (χ0n) is 13.5. The summed E-state index contributed by atoms with van der Waals surface area (Å²) in [7, 11) is 2.01. The van der Waals surface area contributed by atoms with Crippen molar-refractivity contribution in [2.75, 3.05) is 26.7 Å². The lowest BCUT2D eigenvalue weighted by molar-refractivity contribution is -0.134. The van der Waals surface area contributed by atoms with E-state index in [1.54, 1.807) is 0 Å². The number of likely N-dealkylation sites (tertiary alicyclic amines) is 1. The molecule has 22 heavy (non-hydrogen) atoms. The average molecular weight is 298 g/mol. The molecule has 1 amide bonds. The number of piperidine rings is 1. The number of nitrogens with zero attached hydrogens (tertiary/aromatic N) is 1. The molecule has 1 aromatic carbocycles. The molecule has 2 aliphatic carbocycles. The van der Waals surface area contributed by atoms with Crippen LogP contribution in [0, 0.1) is 11.8 Å². The Morgan fingerprint density at radius 1 is 1.41 bits per heavy atom. The molecule has 1 heterocycles. The van der Waals surface area contributed by atoms with Crippen molar-refractivity contribution in [2.45, 2.75) is 37.5 Å². The first kappa shape index (κ1) is 14.3. The standard InChI is InChI=1S/C19H26N2O/c1-20-12-14-5-4-10-21(13-14)18(22)17-11-19(17)9-8-15-6-2-3-7-16(15)19/h2-3,6-7,14,17,20H,4-5,8-13H2,1H3. The molecule has 1 saturated heterocycles. The Labute approximate surface area is 133 Å². The average Bonchev–Trinajstić information content (AvgIpc) is 3.17. The van der Waals surface area contributed by atoms with Crippen LogP contribution in [0.4, 0.5) is 0 Å². The van der Waals surface area contributed by atoms with Crippen LogP contribution < -0.4 is 5.32 Å². The highest BCUT2D eigenvalue weighted by Crippen LogP contribution is 2.62. The van der Waals surface area contributed by atoms with E-state index in [1.165, 1.54) is 24.0 Å². The molecule has 3 aliphatic rings.